The summed E-state index contributed by atoms with van der Waals surface area (Å²) in [6.07, 6.45) is 2.18. The molecule has 0 saturated heterocycles. The van der Waals surface area contributed by atoms with Crippen LogP contribution in [0.2, 0.25) is 0 Å². The van der Waals surface area contributed by atoms with Gasteiger partial charge in [-0.2, -0.15) is 0 Å². The number of aryl methyl sites for hydroxylation is 3. The van der Waals surface area contributed by atoms with E-state index in [1.54, 1.807) is 0 Å². The van der Waals surface area contributed by atoms with Crippen LogP contribution in [0.25, 0.3) is 43.6 Å². The average molecular weight is 405 g/mol. The van der Waals surface area contributed by atoms with Gasteiger partial charge in [-0.1, -0.05) is 56.3 Å². The lowest BCUT2D eigenvalue weighted by atomic mass is 9.88. The molecule has 2 heteroatoms. The minimum Gasteiger partial charge on any atom is -0.455 e. The van der Waals surface area contributed by atoms with Gasteiger partial charge in [0, 0.05) is 17.0 Å². The third kappa shape index (κ3) is 2.42. The van der Waals surface area contributed by atoms with E-state index in [-0.39, 0.29) is 0 Å². The molecule has 2 heterocycles. The number of benzene rings is 4. The fourth-order valence-electron chi connectivity index (χ4n) is 5.26. The second kappa shape index (κ2) is 6.31. The van der Waals surface area contributed by atoms with Crippen molar-refractivity contribution in [3.63, 3.8) is 0 Å². The summed E-state index contributed by atoms with van der Waals surface area (Å²) in [6, 6.07) is 20.0. The molecule has 1 aromatic heterocycles. The van der Waals surface area contributed by atoms with Crippen LogP contribution in [0.5, 0.6) is 11.5 Å². The Hall–Kier alpha value is -3.39. The van der Waals surface area contributed by atoms with E-state index < -0.39 is 0 Å². The predicted molar refractivity (Wildman–Crippen MR) is 129 cm³/mol. The number of ether oxygens (including phenoxy) is 1. The van der Waals surface area contributed by atoms with Crippen LogP contribution in [-0.4, -0.2) is 0 Å². The molecule has 4 aromatic carbocycles. The molecule has 0 unspecified atom stereocenters. The zero-order valence-electron chi connectivity index (χ0n) is 18.7. The molecule has 0 saturated carbocycles. The Morgan fingerprint density at radius 3 is 2.26 bits per heavy atom. The third-order valence-corrected chi connectivity index (χ3v) is 7.00. The summed E-state index contributed by atoms with van der Waals surface area (Å²) >= 11 is 0. The van der Waals surface area contributed by atoms with E-state index in [0.717, 1.165) is 11.5 Å². The second-order valence-electron chi connectivity index (χ2n) is 9.18. The van der Waals surface area contributed by atoms with E-state index in [9.17, 15) is 0 Å². The topological polar surface area (TPSA) is 13.1 Å². The minimum atomic E-state index is 0.499. The number of nitrogens with zero attached hydrogens (tertiary/aromatic N) is 1. The molecular weight excluding hydrogens is 378 g/mol. The molecule has 0 radical (unpaired) electrons. The molecule has 31 heavy (non-hydrogen) atoms. The zero-order valence-corrected chi connectivity index (χ0v) is 18.7. The number of rotatable bonds is 1. The van der Waals surface area contributed by atoms with E-state index in [1.807, 2.05) is 0 Å². The summed E-state index contributed by atoms with van der Waals surface area (Å²) in [5.41, 5.74) is 6.30. The Labute approximate surface area is 182 Å². The smallest absolute Gasteiger partial charge is 0.228 e. The molecule has 1 aliphatic rings. The highest BCUT2D eigenvalue weighted by atomic mass is 16.5. The fourth-order valence-corrected chi connectivity index (χ4v) is 5.26. The Kier molecular flexibility index (Phi) is 3.74. The molecule has 0 bridgehead atoms. The maximum Gasteiger partial charge on any atom is 0.228 e. The summed E-state index contributed by atoms with van der Waals surface area (Å²) in [5, 5.41) is 7.42. The number of fused-ring (bicyclic) bond motifs is 5. The maximum atomic E-state index is 6.82. The third-order valence-electron chi connectivity index (χ3n) is 7.00. The van der Waals surface area contributed by atoms with Gasteiger partial charge in [0.15, 0.2) is 6.20 Å². The van der Waals surface area contributed by atoms with Crippen LogP contribution >= 0.6 is 0 Å². The molecular formula is C29H26NO+. The first kappa shape index (κ1) is 18.4. The largest absolute Gasteiger partial charge is 0.455 e. The van der Waals surface area contributed by atoms with Crippen molar-refractivity contribution in [3.8, 4) is 22.8 Å². The Bertz CT molecular complexity index is 1560. The van der Waals surface area contributed by atoms with Gasteiger partial charge in [0.05, 0.1) is 10.9 Å². The Morgan fingerprint density at radius 1 is 0.774 bits per heavy atom. The molecule has 1 aliphatic heterocycles. The van der Waals surface area contributed by atoms with Gasteiger partial charge in [-0.05, 0) is 58.5 Å². The monoisotopic (exact) mass is 404 g/mol. The lowest BCUT2D eigenvalue weighted by Gasteiger charge is -2.25. The highest BCUT2D eigenvalue weighted by Gasteiger charge is 2.32. The number of hydrogen-bond acceptors (Lipinski definition) is 1. The summed E-state index contributed by atoms with van der Waals surface area (Å²) in [6.45, 7) is 8.90. The maximum absolute atomic E-state index is 6.82. The number of aromatic nitrogens is 1. The Balaban J connectivity index is 1.81. The zero-order chi connectivity index (χ0) is 21.4. The van der Waals surface area contributed by atoms with Gasteiger partial charge in [0.1, 0.15) is 18.5 Å². The lowest BCUT2D eigenvalue weighted by Crippen LogP contribution is -2.32. The highest BCUT2D eigenvalue weighted by molar-refractivity contribution is 6.13. The van der Waals surface area contributed by atoms with Crippen LogP contribution in [0.15, 0.2) is 60.8 Å². The average Bonchev–Trinajstić information content (AvgIpc) is 2.78. The summed E-state index contributed by atoms with van der Waals surface area (Å²) in [5.74, 6) is 2.48. The van der Waals surface area contributed by atoms with Gasteiger partial charge >= 0.3 is 0 Å². The molecule has 0 spiro atoms. The van der Waals surface area contributed by atoms with E-state index in [0.29, 0.717) is 5.92 Å². The van der Waals surface area contributed by atoms with Crippen molar-refractivity contribution in [2.75, 3.05) is 0 Å². The summed E-state index contributed by atoms with van der Waals surface area (Å²) in [4.78, 5) is 0. The van der Waals surface area contributed by atoms with Crippen molar-refractivity contribution >= 4 is 32.3 Å². The normalized spacial score (nSPS) is 12.6. The molecule has 0 fully saturated rings. The highest BCUT2D eigenvalue weighted by Crippen LogP contribution is 2.52. The van der Waals surface area contributed by atoms with Crippen molar-refractivity contribution in [2.45, 2.75) is 33.6 Å². The van der Waals surface area contributed by atoms with E-state index in [1.165, 1.54) is 60.3 Å². The quantitative estimate of drug-likeness (QED) is 0.204. The number of hydrogen-bond donors (Lipinski definition) is 0. The molecule has 0 N–H and O–H groups in total. The predicted octanol–water partition coefficient (Wildman–Crippen LogP) is 7.48. The van der Waals surface area contributed by atoms with Gasteiger partial charge in [-0.15, -0.1) is 0 Å². The van der Waals surface area contributed by atoms with Crippen molar-refractivity contribution in [2.24, 2.45) is 7.05 Å². The summed E-state index contributed by atoms with van der Waals surface area (Å²) in [7, 11) is 2.14. The molecule has 6 rings (SSSR count). The first-order chi connectivity index (χ1) is 15.0. The standard InChI is InChI=1S/C29H26NO/c1-16(2)19-10-11-24-21(14-19)15-20-12-13-30(5)27-25-17(3)22-8-6-7-9-23(22)18(4)28(25)31-29(24)26(20)27/h6-16H,1-5H3/q+1. The van der Waals surface area contributed by atoms with Gasteiger partial charge in [0.2, 0.25) is 5.69 Å². The molecule has 5 aromatic rings. The van der Waals surface area contributed by atoms with E-state index in [4.69, 9.17) is 4.74 Å². The Morgan fingerprint density at radius 2 is 1.52 bits per heavy atom. The van der Waals surface area contributed by atoms with Crippen molar-refractivity contribution < 1.29 is 9.30 Å². The number of pyridine rings is 1. The van der Waals surface area contributed by atoms with Crippen LogP contribution < -0.4 is 9.30 Å². The van der Waals surface area contributed by atoms with Crippen LogP contribution in [-0.2, 0) is 7.05 Å². The molecule has 152 valence electrons. The SMILES string of the molecule is Cc1c2c(c(C)c3ccccc13)-c1c3c(c4ccc(C(C)C)cc4cc3cc[n+]1C)O2. The van der Waals surface area contributed by atoms with Crippen LogP contribution in [0.1, 0.15) is 36.5 Å². The van der Waals surface area contributed by atoms with E-state index >= 15 is 0 Å². The summed E-state index contributed by atoms with van der Waals surface area (Å²) < 4.78 is 9.08. The molecule has 0 amide bonds. The second-order valence-corrected chi connectivity index (χ2v) is 9.18. The molecule has 0 atom stereocenters. The lowest BCUT2D eigenvalue weighted by molar-refractivity contribution is -0.659. The van der Waals surface area contributed by atoms with Gasteiger partial charge in [-0.25, -0.2) is 4.57 Å². The fraction of sp³-hybridized carbons (Fsp3) is 0.207. The van der Waals surface area contributed by atoms with Crippen LogP contribution in [0, 0.1) is 13.8 Å². The molecule has 2 nitrogen and oxygen atoms in total. The van der Waals surface area contributed by atoms with Crippen molar-refractivity contribution in [3.05, 3.63) is 77.5 Å². The van der Waals surface area contributed by atoms with Crippen LogP contribution in [0.3, 0.4) is 0 Å². The van der Waals surface area contributed by atoms with Gasteiger partial charge < -0.3 is 4.74 Å². The van der Waals surface area contributed by atoms with Crippen molar-refractivity contribution in [1.82, 2.24) is 0 Å². The van der Waals surface area contributed by atoms with Crippen LogP contribution in [0.4, 0.5) is 0 Å². The van der Waals surface area contributed by atoms with Crippen molar-refractivity contribution in [1.29, 1.82) is 0 Å². The minimum absolute atomic E-state index is 0.499. The van der Waals surface area contributed by atoms with Gasteiger partial charge in [-0.3, -0.25) is 0 Å². The van der Waals surface area contributed by atoms with Gasteiger partial charge in [0.25, 0.3) is 0 Å². The molecule has 0 aliphatic carbocycles. The van der Waals surface area contributed by atoms with E-state index in [2.05, 4.69) is 100 Å². The first-order valence-electron chi connectivity index (χ1n) is 11.0. The first-order valence-corrected chi connectivity index (χ1v) is 11.0.